The fraction of sp³-hybridized carbons (Fsp3) is 0.375. The zero-order valence-electron chi connectivity index (χ0n) is 12.3. The molecule has 0 spiro atoms. The molecule has 0 aliphatic carbocycles. The number of hydrogen-bond donors (Lipinski definition) is 0. The first-order valence-corrected chi connectivity index (χ1v) is 6.57. The first-order chi connectivity index (χ1) is 9.56. The van der Waals surface area contributed by atoms with Crippen molar-refractivity contribution in [2.24, 2.45) is 0 Å². The second kappa shape index (κ2) is 5.90. The normalized spacial score (nSPS) is 10.6. The summed E-state index contributed by atoms with van der Waals surface area (Å²) in [5, 5.41) is 1.07. The number of aryl methyl sites for hydroxylation is 3. The van der Waals surface area contributed by atoms with Gasteiger partial charge in [0.2, 0.25) is 0 Å². The average molecular weight is 273 g/mol. The largest absolute Gasteiger partial charge is 0.496 e. The van der Waals surface area contributed by atoms with Gasteiger partial charge in [-0.25, -0.2) is 0 Å². The average Bonchev–Trinajstić information content (AvgIpc) is 2.43. The summed E-state index contributed by atoms with van der Waals surface area (Å²) in [7, 11) is 3.04. The molecular formula is C16H19NO3. The molecule has 0 aliphatic heterocycles. The molecule has 4 nitrogen and oxygen atoms in total. The molecule has 1 heterocycles. The Bertz CT molecular complexity index is 650. The fourth-order valence-electron chi connectivity index (χ4n) is 2.53. The molecule has 0 saturated carbocycles. The number of fused-ring (bicyclic) bond motifs is 1. The number of nitrogens with zero attached hydrogens (tertiary/aromatic N) is 1. The predicted octanol–water partition coefficient (Wildman–Crippen LogP) is 2.97. The van der Waals surface area contributed by atoms with E-state index in [9.17, 15) is 4.79 Å². The van der Waals surface area contributed by atoms with Gasteiger partial charge in [0.15, 0.2) is 0 Å². The lowest BCUT2D eigenvalue weighted by Gasteiger charge is -2.14. The van der Waals surface area contributed by atoms with E-state index in [4.69, 9.17) is 9.47 Å². The van der Waals surface area contributed by atoms with Crippen molar-refractivity contribution in [1.29, 1.82) is 0 Å². The Morgan fingerprint density at radius 2 is 2.00 bits per heavy atom. The van der Waals surface area contributed by atoms with Gasteiger partial charge in [-0.1, -0.05) is 0 Å². The third kappa shape index (κ3) is 2.74. The Morgan fingerprint density at radius 3 is 2.65 bits per heavy atom. The quantitative estimate of drug-likeness (QED) is 0.804. The molecule has 4 heteroatoms. The lowest BCUT2D eigenvalue weighted by Crippen LogP contribution is -2.04. The zero-order chi connectivity index (χ0) is 14.7. The minimum Gasteiger partial charge on any atom is -0.496 e. The summed E-state index contributed by atoms with van der Waals surface area (Å²) in [4.78, 5) is 15.9. The minimum atomic E-state index is -0.221. The number of aromatic nitrogens is 1. The van der Waals surface area contributed by atoms with E-state index in [0.717, 1.165) is 33.5 Å². The van der Waals surface area contributed by atoms with E-state index in [1.54, 1.807) is 7.11 Å². The van der Waals surface area contributed by atoms with Gasteiger partial charge < -0.3 is 9.47 Å². The molecular weight excluding hydrogens is 254 g/mol. The van der Waals surface area contributed by atoms with Crippen LogP contribution in [0.25, 0.3) is 10.9 Å². The third-order valence-electron chi connectivity index (χ3n) is 3.39. The molecule has 0 radical (unpaired) electrons. The highest BCUT2D eigenvalue weighted by molar-refractivity contribution is 5.88. The number of rotatable bonds is 4. The molecule has 20 heavy (non-hydrogen) atoms. The van der Waals surface area contributed by atoms with E-state index in [2.05, 4.69) is 11.9 Å². The standard InChI is InChI=1S/C16H19NO3/c1-10-9-11(2)17-13-6-7-14(19-3)12(16(10)13)5-8-15(18)20-4/h6-7,9H,5,8H2,1-4H3. The van der Waals surface area contributed by atoms with Crippen molar-refractivity contribution < 1.29 is 14.3 Å². The Balaban J connectivity index is 2.55. The molecule has 1 aromatic carbocycles. The molecule has 0 atom stereocenters. The zero-order valence-corrected chi connectivity index (χ0v) is 12.3. The molecule has 0 saturated heterocycles. The number of methoxy groups -OCH3 is 2. The van der Waals surface area contributed by atoms with Crippen LogP contribution >= 0.6 is 0 Å². The fourth-order valence-corrected chi connectivity index (χ4v) is 2.53. The van der Waals surface area contributed by atoms with E-state index in [1.807, 2.05) is 25.1 Å². The molecule has 0 bridgehead atoms. The van der Waals surface area contributed by atoms with Gasteiger partial charge in [0, 0.05) is 23.1 Å². The Morgan fingerprint density at radius 1 is 1.25 bits per heavy atom. The monoisotopic (exact) mass is 273 g/mol. The molecule has 0 N–H and O–H groups in total. The van der Waals surface area contributed by atoms with Crippen LogP contribution < -0.4 is 4.74 Å². The van der Waals surface area contributed by atoms with Crippen LogP contribution in [0.2, 0.25) is 0 Å². The summed E-state index contributed by atoms with van der Waals surface area (Å²) in [6.45, 7) is 4.03. The molecule has 0 amide bonds. The summed E-state index contributed by atoms with van der Waals surface area (Å²) in [6, 6.07) is 5.90. The van der Waals surface area contributed by atoms with Crippen LogP contribution in [0, 0.1) is 13.8 Å². The number of carbonyl (C=O) groups is 1. The van der Waals surface area contributed by atoms with Crippen molar-refractivity contribution >= 4 is 16.9 Å². The maximum absolute atomic E-state index is 11.4. The van der Waals surface area contributed by atoms with Gasteiger partial charge in [0.25, 0.3) is 0 Å². The topological polar surface area (TPSA) is 48.4 Å². The van der Waals surface area contributed by atoms with Crippen LogP contribution in [-0.4, -0.2) is 25.2 Å². The summed E-state index contributed by atoms with van der Waals surface area (Å²) in [5.41, 5.74) is 4.08. The van der Waals surface area contributed by atoms with E-state index >= 15 is 0 Å². The Hall–Kier alpha value is -2.10. The van der Waals surface area contributed by atoms with Crippen molar-refractivity contribution in [2.45, 2.75) is 26.7 Å². The molecule has 1 aromatic heterocycles. The van der Waals surface area contributed by atoms with Crippen LogP contribution in [0.4, 0.5) is 0 Å². The van der Waals surface area contributed by atoms with Gasteiger partial charge in [-0.3, -0.25) is 9.78 Å². The molecule has 0 unspecified atom stereocenters. The van der Waals surface area contributed by atoms with Crippen molar-refractivity contribution in [1.82, 2.24) is 4.98 Å². The second-order valence-corrected chi connectivity index (χ2v) is 4.80. The van der Waals surface area contributed by atoms with Crippen molar-refractivity contribution in [2.75, 3.05) is 14.2 Å². The summed E-state index contributed by atoms with van der Waals surface area (Å²) in [5.74, 6) is 0.567. The van der Waals surface area contributed by atoms with Crippen LogP contribution in [0.3, 0.4) is 0 Å². The Kier molecular flexibility index (Phi) is 4.23. The molecule has 0 fully saturated rings. The number of esters is 1. The van der Waals surface area contributed by atoms with E-state index in [1.165, 1.54) is 7.11 Å². The second-order valence-electron chi connectivity index (χ2n) is 4.80. The van der Waals surface area contributed by atoms with Crippen LogP contribution in [-0.2, 0) is 16.0 Å². The van der Waals surface area contributed by atoms with Crippen molar-refractivity contribution in [3.63, 3.8) is 0 Å². The van der Waals surface area contributed by atoms with Gasteiger partial charge in [-0.2, -0.15) is 0 Å². The highest BCUT2D eigenvalue weighted by atomic mass is 16.5. The van der Waals surface area contributed by atoms with Crippen LogP contribution in [0.1, 0.15) is 23.2 Å². The van der Waals surface area contributed by atoms with Gasteiger partial charge in [0.1, 0.15) is 5.75 Å². The first kappa shape index (κ1) is 14.3. The Labute approximate surface area is 118 Å². The van der Waals surface area contributed by atoms with Gasteiger partial charge >= 0.3 is 5.97 Å². The molecule has 2 rings (SSSR count). The lowest BCUT2D eigenvalue weighted by molar-refractivity contribution is -0.140. The number of pyridine rings is 1. The molecule has 2 aromatic rings. The predicted molar refractivity (Wildman–Crippen MR) is 78.1 cm³/mol. The van der Waals surface area contributed by atoms with Crippen LogP contribution in [0.5, 0.6) is 5.75 Å². The summed E-state index contributed by atoms with van der Waals surface area (Å²) in [6.07, 6.45) is 0.915. The van der Waals surface area contributed by atoms with E-state index in [-0.39, 0.29) is 5.97 Å². The highest BCUT2D eigenvalue weighted by Crippen LogP contribution is 2.31. The number of benzene rings is 1. The SMILES string of the molecule is COC(=O)CCc1c(OC)ccc2nc(C)cc(C)c12. The lowest BCUT2D eigenvalue weighted by atomic mass is 9.98. The number of carbonyl (C=O) groups excluding carboxylic acids is 1. The maximum Gasteiger partial charge on any atom is 0.305 e. The maximum atomic E-state index is 11.4. The first-order valence-electron chi connectivity index (χ1n) is 6.57. The summed E-state index contributed by atoms with van der Waals surface area (Å²) < 4.78 is 10.1. The number of ether oxygens (including phenoxy) is 2. The van der Waals surface area contributed by atoms with Gasteiger partial charge in [0.05, 0.1) is 19.7 Å². The molecule has 0 aliphatic rings. The van der Waals surface area contributed by atoms with Crippen LogP contribution in [0.15, 0.2) is 18.2 Å². The smallest absolute Gasteiger partial charge is 0.305 e. The van der Waals surface area contributed by atoms with Gasteiger partial charge in [-0.15, -0.1) is 0 Å². The third-order valence-corrected chi connectivity index (χ3v) is 3.39. The molecule has 106 valence electrons. The van der Waals surface area contributed by atoms with Gasteiger partial charge in [-0.05, 0) is 44.0 Å². The highest BCUT2D eigenvalue weighted by Gasteiger charge is 2.13. The number of hydrogen-bond acceptors (Lipinski definition) is 4. The minimum absolute atomic E-state index is 0.221. The summed E-state index contributed by atoms with van der Waals surface area (Å²) >= 11 is 0. The van der Waals surface area contributed by atoms with E-state index < -0.39 is 0 Å². The van der Waals surface area contributed by atoms with Crippen molar-refractivity contribution in [3.8, 4) is 5.75 Å². The van der Waals surface area contributed by atoms with Crippen molar-refractivity contribution in [3.05, 3.63) is 35.0 Å². The van der Waals surface area contributed by atoms with E-state index in [0.29, 0.717) is 12.8 Å².